The van der Waals surface area contributed by atoms with Gasteiger partial charge in [-0.3, -0.25) is 9.59 Å². The molecule has 1 aromatic rings. The SMILES string of the molecule is O=C(Cn1nc2c(cc1=O)NCCC2)N1CCCC1. The van der Waals surface area contributed by atoms with Crippen LogP contribution in [0.1, 0.15) is 25.0 Å². The van der Waals surface area contributed by atoms with Crippen molar-refractivity contribution in [2.45, 2.75) is 32.2 Å². The summed E-state index contributed by atoms with van der Waals surface area (Å²) in [7, 11) is 0. The topological polar surface area (TPSA) is 67.2 Å². The molecule has 0 saturated carbocycles. The number of rotatable bonds is 2. The van der Waals surface area contributed by atoms with Crippen LogP contribution in [-0.2, 0) is 17.8 Å². The highest BCUT2D eigenvalue weighted by Gasteiger charge is 2.20. The van der Waals surface area contributed by atoms with Crippen LogP contribution in [0.5, 0.6) is 0 Å². The predicted octanol–water partition coefficient (Wildman–Crippen LogP) is 0.224. The van der Waals surface area contributed by atoms with E-state index in [0.29, 0.717) is 0 Å². The average Bonchev–Trinajstić information content (AvgIpc) is 2.93. The number of hydrogen-bond donors (Lipinski definition) is 1. The first kappa shape index (κ1) is 12.2. The van der Waals surface area contributed by atoms with Gasteiger partial charge >= 0.3 is 0 Å². The van der Waals surface area contributed by atoms with Gasteiger partial charge in [0.25, 0.3) is 5.56 Å². The third-order valence-corrected chi connectivity index (χ3v) is 3.72. The molecule has 0 unspecified atom stereocenters. The molecule has 3 rings (SSSR count). The fourth-order valence-electron chi connectivity index (χ4n) is 2.65. The lowest BCUT2D eigenvalue weighted by atomic mass is 10.1. The number of fused-ring (bicyclic) bond motifs is 1. The molecule has 1 fully saturated rings. The van der Waals surface area contributed by atoms with Crippen molar-refractivity contribution in [3.05, 3.63) is 22.1 Å². The van der Waals surface area contributed by atoms with Crippen LogP contribution in [0.15, 0.2) is 10.9 Å². The van der Waals surface area contributed by atoms with Crippen LogP contribution in [0.3, 0.4) is 0 Å². The third kappa shape index (κ3) is 2.47. The lowest BCUT2D eigenvalue weighted by molar-refractivity contribution is -0.131. The average molecular weight is 262 g/mol. The maximum absolute atomic E-state index is 12.0. The molecule has 1 aromatic heterocycles. The van der Waals surface area contributed by atoms with Gasteiger partial charge in [0.2, 0.25) is 5.91 Å². The zero-order chi connectivity index (χ0) is 13.2. The summed E-state index contributed by atoms with van der Waals surface area (Å²) in [6, 6.07) is 1.55. The monoisotopic (exact) mass is 262 g/mol. The van der Waals surface area contributed by atoms with E-state index < -0.39 is 0 Å². The third-order valence-electron chi connectivity index (χ3n) is 3.72. The molecule has 102 valence electrons. The number of aryl methyl sites for hydroxylation is 1. The van der Waals surface area contributed by atoms with Gasteiger partial charge in [-0.2, -0.15) is 5.10 Å². The molecule has 6 nitrogen and oxygen atoms in total. The Balaban J connectivity index is 1.80. The lowest BCUT2D eigenvalue weighted by Gasteiger charge is -2.19. The summed E-state index contributed by atoms with van der Waals surface area (Å²) in [5.74, 6) is -0.00387. The Morgan fingerprint density at radius 1 is 1.32 bits per heavy atom. The first-order valence-corrected chi connectivity index (χ1v) is 6.87. The van der Waals surface area contributed by atoms with Crippen LogP contribution in [0.25, 0.3) is 0 Å². The number of carbonyl (C=O) groups is 1. The minimum Gasteiger partial charge on any atom is -0.383 e. The van der Waals surface area contributed by atoms with E-state index in [1.807, 2.05) is 4.90 Å². The Kier molecular flexibility index (Phi) is 3.23. The van der Waals surface area contributed by atoms with E-state index in [9.17, 15) is 9.59 Å². The Hall–Kier alpha value is -1.85. The van der Waals surface area contributed by atoms with E-state index in [1.165, 1.54) is 4.68 Å². The van der Waals surface area contributed by atoms with Crippen LogP contribution >= 0.6 is 0 Å². The Labute approximate surface area is 111 Å². The van der Waals surface area contributed by atoms with E-state index in [2.05, 4.69) is 10.4 Å². The molecule has 3 heterocycles. The fraction of sp³-hybridized carbons (Fsp3) is 0.615. The van der Waals surface area contributed by atoms with E-state index >= 15 is 0 Å². The molecular weight excluding hydrogens is 244 g/mol. The first-order valence-electron chi connectivity index (χ1n) is 6.87. The molecule has 0 bridgehead atoms. The van der Waals surface area contributed by atoms with Crippen LogP contribution < -0.4 is 10.9 Å². The quantitative estimate of drug-likeness (QED) is 0.828. The molecule has 0 atom stereocenters. The minimum absolute atomic E-state index is 0.00387. The lowest BCUT2D eigenvalue weighted by Crippen LogP contribution is -2.36. The van der Waals surface area contributed by atoms with Crippen molar-refractivity contribution in [2.24, 2.45) is 0 Å². The van der Waals surface area contributed by atoms with Crippen LogP contribution in [0, 0.1) is 0 Å². The van der Waals surface area contributed by atoms with Crippen molar-refractivity contribution in [3.63, 3.8) is 0 Å². The van der Waals surface area contributed by atoms with Crippen molar-refractivity contribution in [1.29, 1.82) is 0 Å². The van der Waals surface area contributed by atoms with Gasteiger partial charge in [0.15, 0.2) is 0 Å². The molecule has 0 radical (unpaired) electrons. The molecule has 2 aliphatic heterocycles. The summed E-state index contributed by atoms with van der Waals surface area (Å²) in [5.41, 5.74) is 1.50. The minimum atomic E-state index is -0.208. The van der Waals surface area contributed by atoms with Crippen molar-refractivity contribution in [3.8, 4) is 0 Å². The van der Waals surface area contributed by atoms with Gasteiger partial charge in [-0.25, -0.2) is 4.68 Å². The normalized spacial score (nSPS) is 18.0. The summed E-state index contributed by atoms with van der Waals surface area (Å²) in [6.07, 6.45) is 3.99. The van der Waals surface area contributed by atoms with E-state index in [4.69, 9.17) is 0 Å². The summed E-state index contributed by atoms with van der Waals surface area (Å²) in [5, 5.41) is 7.49. The van der Waals surface area contributed by atoms with E-state index in [0.717, 1.165) is 56.7 Å². The zero-order valence-corrected chi connectivity index (χ0v) is 10.9. The summed E-state index contributed by atoms with van der Waals surface area (Å²) < 4.78 is 1.30. The highest BCUT2D eigenvalue weighted by atomic mass is 16.2. The summed E-state index contributed by atoms with van der Waals surface area (Å²) >= 11 is 0. The number of nitrogens with one attached hydrogen (secondary N) is 1. The molecule has 19 heavy (non-hydrogen) atoms. The molecule has 1 amide bonds. The predicted molar refractivity (Wildman–Crippen MR) is 71.1 cm³/mol. The first-order chi connectivity index (χ1) is 9.24. The second-order valence-electron chi connectivity index (χ2n) is 5.12. The molecule has 0 spiro atoms. The smallest absolute Gasteiger partial charge is 0.269 e. The van der Waals surface area contributed by atoms with Gasteiger partial charge in [0.05, 0.1) is 11.4 Å². The fourth-order valence-corrected chi connectivity index (χ4v) is 2.65. The van der Waals surface area contributed by atoms with Gasteiger partial charge < -0.3 is 10.2 Å². The second-order valence-corrected chi connectivity index (χ2v) is 5.12. The van der Waals surface area contributed by atoms with Crippen molar-refractivity contribution >= 4 is 11.6 Å². The molecule has 1 N–H and O–H groups in total. The second kappa shape index (κ2) is 5.03. The van der Waals surface area contributed by atoms with Crippen molar-refractivity contribution in [2.75, 3.05) is 25.0 Å². The van der Waals surface area contributed by atoms with Gasteiger partial charge in [-0.05, 0) is 25.7 Å². The number of likely N-dealkylation sites (tertiary alicyclic amines) is 1. The Morgan fingerprint density at radius 3 is 2.89 bits per heavy atom. The van der Waals surface area contributed by atoms with E-state index in [-0.39, 0.29) is 18.0 Å². The number of hydrogen-bond acceptors (Lipinski definition) is 4. The Morgan fingerprint density at radius 2 is 2.11 bits per heavy atom. The highest BCUT2D eigenvalue weighted by molar-refractivity contribution is 5.76. The van der Waals surface area contributed by atoms with E-state index in [1.54, 1.807) is 6.07 Å². The molecule has 1 saturated heterocycles. The largest absolute Gasteiger partial charge is 0.383 e. The van der Waals surface area contributed by atoms with Crippen molar-refractivity contribution in [1.82, 2.24) is 14.7 Å². The number of nitrogens with zero attached hydrogens (tertiary/aromatic N) is 3. The van der Waals surface area contributed by atoms with Gasteiger partial charge in [-0.15, -0.1) is 0 Å². The molecular formula is C13H18N4O2. The number of carbonyl (C=O) groups excluding carboxylic acids is 1. The highest BCUT2D eigenvalue weighted by Crippen LogP contribution is 2.16. The van der Waals surface area contributed by atoms with Crippen LogP contribution in [0.4, 0.5) is 5.69 Å². The van der Waals surface area contributed by atoms with Gasteiger partial charge in [-0.1, -0.05) is 0 Å². The van der Waals surface area contributed by atoms with Gasteiger partial charge in [0.1, 0.15) is 6.54 Å². The van der Waals surface area contributed by atoms with Crippen LogP contribution in [-0.4, -0.2) is 40.2 Å². The summed E-state index contributed by atoms with van der Waals surface area (Å²) in [4.78, 5) is 25.8. The standard InChI is InChI=1S/C13H18N4O2/c18-12-8-11-10(4-3-5-14-11)15-17(12)9-13(19)16-6-1-2-7-16/h8,14H,1-7,9H2. The van der Waals surface area contributed by atoms with Crippen LogP contribution in [0.2, 0.25) is 0 Å². The Bertz CT molecular complexity index is 546. The molecule has 0 aromatic carbocycles. The number of amides is 1. The number of aromatic nitrogens is 2. The maximum atomic E-state index is 12.0. The van der Waals surface area contributed by atoms with Gasteiger partial charge in [0, 0.05) is 25.7 Å². The number of anilines is 1. The zero-order valence-electron chi connectivity index (χ0n) is 10.9. The van der Waals surface area contributed by atoms with Crippen molar-refractivity contribution < 1.29 is 4.79 Å². The molecule has 6 heteroatoms. The molecule has 0 aliphatic carbocycles. The molecule has 2 aliphatic rings. The summed E-state index contributed by atoms with van der Waals surface area (Å²) in [6.45, 7) is 2.55. The maximum Gasteiger partial charge on any atom is 0.269 e.